The molecular weight excluding hydrogens is 328 g/mol. The minimum Gasteiger partial charge on any atom is -0.365 e. The molecule has 0 aliphatic carbocycles. The highest BCUT2D eigenvalue weighted by atomic mass is 79.9. The van der Waals surface area contributed by atoms with E-state index >= 15 is 0 Å². The SMILES string of the molecule is N#CCCN(Cc1cccnc1)c1cc(Br)ccc1C#N. The predicted octanol–water partition coefficient (Wildman–Crippen LogP) is 3.64. The fourth-order valence-electron chi connectivity index (χ4n) is 2.04. The van der Waals surface area contributed by atoms with Gasteiger partial charge in [-0.3, -0.25) is 4.98 Å². The maximum Gasteiger partial charge on any atom is 0.101 e. The van der Waals surface area contributed by atoms with Gasteiger partial charge < -0.3 is 4.90 Å². The number of rotatable bonds is 5. The van der Waals surface area contributed by atoms with E-state index in [-0.39, 0.29) is 0 Å². The Hall–Kier alpha value is -2.37. The van der Waals surface area contributed by atoms with E-state index < -0.39 is 0 Å². The van der Waals surface area contributed by atoms with Crippen molar-refractivity contribution < 1.29 is 0 Å². The molecule has 21 heavy (non-hydrogen) atoms. The number of nitrogens with zero attached hydrogens (tertiary/aromatic N) is 4. The lowest BCUT2D eigenvalue weighted by molar-refractivity contribution is 0.793. The van der Waals surface area contributed by atoms with Crippen LogP contribution in [0.3, 0.4) is 0 Å². The Labute approximate surface area is 132 Å². The van der Waals surface area contributed by atoms with Gasteiger partial charge in [-0.15, -0.1) is 0 Å². The summed E-state index contributed by atoms with van der Waals surface area (Å²) < 4.78 is 0.907. The van der Waals surface area contributed by atoms with Crippen LogP contribution in [0.2, 0.25) is 0 Å². The fraction of sp³-hybridized carbons (Fsp3) is 0.188. The standard InChI is InChI=1S/C16H13BrN4/c17-15-5-4-14(10-19)16(9-15)21(8-2-6-18)12-13-3-1-7-20-11-13/h1,3-5,7,9,11H,2,8,12H2. The molecule has 0 aliphatic rings. The molecule has 0 atom stereocenters. The Morgan fingerprint density at radius 3 is 2.76 bits per heavy atom. The molecule has 4 nitrogen and oxygen atoms in total. The lowest BCUT2D eigenvalue weighted by Crippen LogP contribution is -2.24. The summed E-state index contributed by atoms with van der Waals surface area (Å²) in [7, 11) is 0. The van der Waals surface area contributed by atoms with E-state index in [9.17, 15) is 5.26 Å². The van der Waals surface area contributed by atoms with Crippen LogP contribution < -0.4 is 4.90 Å². The number of hydrogen-bond acceptors (Lipinski definition) is 4. The van der Waals surface area contributed by atoms with Gasteiger partial charge in [-0.05, 0) is 29.8 Å². The van der Waals surface area contributed by atoms with E-state index in [1.54, 1.807) is 18.5 Å². The van der Waals surface area contributed by atoms with Gasteiger partial charge >= 0.3 is 0 Å². The number of hydrogen-bond donors (Lipinski definition) is 0. The second kappa shape index (κ2) is 7.42. The Kier molecular flexibility index (Phi) is 5.31. The summed E-state index contributed by atoms with van der Waals surface area (Å²) in [4.78, 5) is 6.14. The molecule has 5 heteroatoms. The summed E-state index contributed by atoms with van der Waals surface area (Å²) in [5.74, 6) is 0. The molecule has 2 rings (SSSR count). The second-order valence-electron chi connectivity index (χ2n) is 4.46. The van der Waals surface area contributed by atoms with Gasteiger partial charge in [-0.2, -0.15) is 10.5 Å². The number of nitriles is 2. The third kappa shape index (κ3) is 4.05. The molecule has 2 aromatic rings. The summed E-state index contributed by atoms with van der Waals surface area (Å²) in [6, 6.07) is 13.8. The van der Waals surface area contributed by atoms with E-state index in [0.29, 0.717) is 25.1 Å². The van der Waals surface area contributed by atoms with E-state index in [1.165, 1.54) is 0 Å². The lowest BCUT2D eigenvalue weighted by Gasteiger charge is -2.25. The van der Waals surface area contributed by atoms with E-state index in [0.717, 1.165) is 15.7 Å². The zero-order valence-corrected chi connectivity index (χ0v) is 12.9. The van der Waals surface area contributed by atoms with Crippen LogP contribution >= 0.6 is 15.9 Å². The van der Waals surface area contributed by atoms with Gasteiger partial charge in [0.05, 0.1) is 23.7 Å². The second-order valence-corrected chi connectivity index (χ2v) is 5.38. The highest BCUT2D eigenvalue weighted by molar-refractivity contribution is 9.10. The summed E-state index contributed by atoms with van der Waals surface area (Å²) in [5, 5.41) is 18.1. The van der Waals surface area contributed by atoms with Gasteiger partial charge in [0.25, 0.3) is 0 Å². The van der Waals surface area contributed by atoms with Crippen LogP contribution in [-0.2, 0) is 6.54 Å². The molecule has 1 heterocycles. The first-order valence-corrected chi connectivity index (χ1v) is 7.24. The molecule has 1 aromatic heterocycles. The lowest BCUT2D eigenvalue weighted by atomic mass is 10.1. The van der Waals surface area contributed by atoms with Crippen LogP contribution in [0, 0.1) is 22.7 Å². The Balaban J connectivity index is 2.34. The molecule has 0 fully saturated rings. The quantitative estimate of drug-likeness (QED) is 0.833. The van der Waals surface area contributed by atoms with Gasteiger partial charge in [-0.1, -0.05) is 22.0 Å². The largest absolute Gasteiger partial charge is 0.365 e. The summed E-state index contributed by atoms with van der Waals surface area (Å²) >= 11 is 3.43. The van der Waals surface area contributed by atoms with Crippen LogP contribution in [0.25, 0.3) is 0 Å². The first-order valence-electron chi connectivity index (χ1n) is 6.45. The molecule has 0 saturated carbocycles. The van der Waals surface area contributed by atoms with Crippen LogP contribution in [-0.4, -0.2) is 11.5 Å². The van der Waals surface area contributed by atoms with Crippen molar-refractivity contribution in [3.8, 4) is 12.1 Å². The van der Waals surface area contributed by atoms with Gasteiger partial charge in [0.15, 0.2) is 0 Å². The molecule has 0 amide bonds. The Morgan fingerprint density at radius 2 is 2.10 bits per heavy atom. The molecule has 0 unspecified atom stereocenters. The number of aromatic nitrogens is 1. The normalized spacial score (nSPS) is 9.67. The van der Waals surface area contributed by atoms with Crippen molar-refractivity contribution >= 4 is 21.6 Å². The minimum absolute atomic E-state index is 0.400. The third-order valence-corrected chi connectivity index (χ3v) is 3.50. The first-order chi connectivity index (χ1) is 10.2. The molecule has 0 N–H and O–H groups in total. The maximum atomic E-state index is 9.28. The van der Waals surface area contributed by atoms with Gasteiger partial charge in [0.2, 0.25) is 0 Å². The van der Waals surface area contributed by atoms with Gasteiger partial charge in [0.1, 0.15) is 6.07 Å². The van der Waals surface area contributed by atoms with Crippen molar-refractivity contribution in [1.29, 1.82) is 10.5 Å². The van der Waals surface area contributed by atoms with E-state index in [4.69, 9.17) is 5.26 Å². The molecule has 0 aliphatic heterocycles. The zero-order chi connectivity index (χ0) is 15.1. The van der Waals surface area contributed by atoms with E-state index in [1.807, 2.05) is 29.2 Å². The van der Waals surface area contributed by atoms with Crippen LogP contribution in [0.5, 0.6) is 0 Å². The van der Waals surface area contributed by atoms with Crippen molar-refractivity contribution in [2.24, 2.45) is 0 Å². The monoisotopic (exact) mass is 340 g/mol. The minimum atomic E-state index is 0.400. The van der Waals surface area contributed by atoms with Gasteiger partial charge in [0, 0.05) is 30.0 Å². The van der Waals surface area contributed by atoms with Crippen molar-refractivity contribution in [1.82, 2.24) is 4.98 Å². The molecule has 0 bridgehead atoms. The van der Waals surface area contributed by atoms with Crippen LogP contribution in [0.4, 0.5) is 5.69 Å². The maximum absolute atomic E-state index is 9.28. The average molecular weight is 341 g/mol. The summed E-state index contributed by atoms with van der Waals surface area (Å²) in [6.07, 6.45) is 3.92. The third-order valence-electron chi connectivity index (χ3n) is 3.01. The van der Waals surface area contributed by atoms with Crippen molar-refractivity contribution in [3.05, 3.63) is 58.3 Å². The average Bonchev–Trinajstić information content (AvgIpc) is 2.52. The number of benzene rings is 1. The van der Waals surface area contributed by atoms with Crippen LogP contribution in [0.1, 0.15) is 17.5 Å². The first kappa shape index (κ1) is 15.0. The fourth-order valence-corrected chi connectivity index (χ4v) is 2.39. The summed E-state index contributed by atoms with van der Waals surface area (Å²) in [6.45, 7) is 1.18. The Bertz CT molecular complexity index is 686. The number of pyridine rings is 1. The van der Waals surface area contributed by atoms with Crippen molar-refractivity contribution in [2.45, 2.75) is 13.0 Å². The molecule has 104 valence electrons. The molecular formula is C16H13BrN4. The van der Waals surface area contributed by atoms with Crippen LogP contribution in [0.15, 0.2) is 47.2 Å². The highest BCUT2D eigenvalue weighted by Gasteiger charge is 2.12. The number of anilines is 1. The van der Waals surface area contributed by atoms with E-state index in [2.05, 4.69) is 33.1 Å². The zero-order valence-electron chi connectivity index (χ0n) is 11.3. The highest BCUT2D eigenvalue weighted by Crippen LogP contribution is 2.26. The number of halogens is 1. The molecule has 0 saturated heterocycles. The van der Waals surface area contributed by atoms with Crippen molar-refractivity contribution in [2.75, 3.05) is 11.4 Å². The Morgan fingerprint density at radius 1 is 1.24 bits per heavy atom. The summed E-state index contributed by atoms with van der Waals surface area (Å²) in [5.41, 5.74) is 2.46. The molecule has 0 spiro atoms. The van der Waals surface area contributed by atoms with Gasteiger partial charge in [-0.25, -0.2) is 0 Å². The predicted molar refractivity (Wildman–Crippen MR) is 84.4 cm³/mol. The molecule has 1 aromatic carbocycles. The van der Waals surface area contributed by atoms with Crippen molar-refractivity contribution in [3.63, 3.8) is 0 Å². The molecule has 0 radical (unpaired) electrons. The smallest absolute Gasteiger partial charge is 0.101 e. The topological polar surface area (TPSA) is 63.7 Å².